The molecule has 0 unspecified atom stereocenters. The van der Waals surface area contributed by atoms with Crippen LogP contribution >= 0.6 is 11.3 Å². The summed E-state index contributed by atoms with van der Waals surface area (Å²) in [5.41, 5.74) is 3.14. The minimum absolute atomic E-state index is 0.176. The molecule has 6 heteroatoms. The molecule has 0 radical (unpaired) electrons. The number of aromatic nitrogens is 2. The van der Waals surface area contributed by atoms with Gasteiger partial charge in [0, 0.05) is 45.1 Å². The second-order valence-corrected chi connectivity index (χ2v) is 7.12. The molecule has 0 aliphatic carbocycles. The number of imidazole rings is 1. The number of carbonyl (C=O) groups excluding carboxylic acids is 1. The van der Waals surface area contributed by atoms with Gasteiger partial charge in [-0.25, -0.2) is 4.98 Å². The van der Waals surface area contributed by atoms with Crippen LogP contribution < -0.4 is 0 Å². The molecular weight excluding hydrogens is 320 g/mol. The molecule has 124 valence electrons. The molecule has 4 rings (SSSR count). The van der Waals surface area contributed by atoms with E-state index in [0.717, 1.165) is 54.5 Å². The van der Waals surface area contributed by atoms with Crippen LogP contribution in [0.1, 0.15) is 20.9 Å². The number of carbonyl (C=O) groups is 1. The zero-order chi connectivity index (χ0) is 16.5. The van der Waals surface area contributed by atoms with Crippen LogP contribution in [-0.2, 0) is 6.54 Å². The van der Waals surface area contributed by atoms with Crippen molar-refractivity contribution in [3.05, 3.63) is 58.2 Å². The molecule has 0 atom stereocenters. The van der Waals surface area contributed by atoms with E-state index in [2.05, 4.69) is 20.5 Å². The summed E-state index contributed by atoms with van der Waals surface area (Å²) in [7, 11) is 0. The van der Waals surface area contributed by atoms with Gasteiger partial charge in [-0.15, -0.1) is 11.3 Å². The monoisotopic (exact) mass is 340 g/mol. The number of fused-ring (bicyclic) bond motifs is 1. The maximum Gasteiger partial charge on any atom is 0.264 e. The fourth-order valence-electron chi connectivity index (χ4n) is 3.14. The lowest BCUT2D eigenvalue weighted by molar-refractivity contribution is 0.0631. The second kappa shape index (κ2) is 6.37. The minimum atomic E-state index is 0.176. The van der Waals surface area contributed by atoms with Crippen molar-refractivity contribution in [2.24, 2.45) is 0 Å². The van der Waals surface area contributed by atoms with E-state index in [1.807, 2.05) is 47.7 Å². The molecule has 0 spiro atoms. The highest BCUT2D eigenvalue weighted by molar-refractivity contribution is 7.12. The quantitative estimate of drug-likeness (QED) is 0.736. The van der Waals surface area contributed by atoms with Crippen molar-refractivity contribution < 1.29 is 4.79 Å². The number of rotatable bonds is 3. The third-order valence-electron chi connectivity index (χ3n) is 4.52. The van der Waals surface area contributed by atoms with E-state index in [-0.39, 0.29) is 5.91 Å². The third kappa shape index (κ3) is 2.95. The average molecular weight is 340 g/mol. The highest BCUT2D eigenvalue weighted by Gasteiger charge is 2.24. The molecular formula is C18H20N4OS. The average Bonchev–Trinajstić information content (AvgIpc) is 3.20. The maximum absolute atomic E-state index is 12.6. The van der Waals surface area contributed by atoms with E-state index in [9.17, 15) is 4.79 Å². The number of thiophene rings is 1. The first-order valence-electron chi connectivity index (χ1n) is 8.19. The van der Waals surface area contributed by atoms with Gasteiger partial charge in [0.25, 0.3) is 5.91 Å². The van der Waals surface area contributed by atoms with Crippen molar-refractivity contribution >= 4 is 22.9 Å². The van der Waals surface area contributed by atoms with Crippen molar-refractivity contribution in [1.82, 2.24) is 19.2 Å². The van der Waals surface area contributed by atoms with Gasteiger partial charge in [0.05, 0.1) is 10.6 Å². The predicted octanol–water partition coefficient (Wildman–Crippen LogP) is 2.66. The maximum atomic E-state index is 12.6. The Kier molecular flexibility index (Phi) is 4.08. The van der Waals surface area contributed by atoms with Gasteiger partial charge in [-0.2, -0.15) is 0 Å². The molecule has 1 fully saturated rings. The molecule has 1 amide bonds. The van der Waals surface area contributed by atoms with Gasteiger partial charge in [0.15, 0.2) is 0 Å². The van der Waals surface area contributed by atoms with Gasteiger partial charge in [0.1, 0.15) is 5.65 Å². The summed E-state index contributed by atoms with van der Waals surface area (Å²) in [6.45, 7) is 6.19. The second-order valence-electron chi connectivity index (χ2n) is 6.20. The number of nitrogens with zero attached hydrogens (tertiary/aromatic N) is 4. The third-order valence-corrected chi connectivity index (χ3v) is 5.52. The van der Waals surface area contributed by atoms with E-state index >= 15 is 0 Å². The van der Waals surface area contributed by atoms with Crippen molar-refractivity contribution in [1.29, 1.82) is 0 Å². The van der Waals surface area contributed by atoms with Crippen LogP contribution in [0.2, 0.25) is 0 Å². The number of hydrogen-bond acceptors (Lipinski definition) is 4. The van der Waals surface area contributed by atoms with Crippen molar-refractivity contribution in [3.63, 3.8) is 0 Å². The van der Waals surface area contributed by atoms with Crippen LogP contribution in [0.3, 0.4) is 0 Å². The Labute approximate surface area is 145 Å². The fourth-order valence-corrected chi connectivity index (χ4v) is 4.03. The topological polar surface area (TPSA) is 40.9 Å². The molecule has 3 aromatic rings. The predicted molar refractivity (Wildman–Crippen MR) is 95.4 cm³/mol. The number of amides is 1. The lowest BCUT2D eigenvalue weighted by Gasteiger charge is -2.34. The number of piperazine rings is 1. The number of aryl methyl sites for hydroxylation is 1. The Morgan fingerprint density at radius 2 is 2.04 bits per heavy atom. The normalized spacial score (nSPS) is 16.0. The summed E-state index contributed by atoms with van der Waals surface area (Å²) in [5.74, 6) is 0.176. The summed E-state index contributed by atoms with van der Waals surface area (Å²) in [4.78, 5) is 22.4. The molecule has 1 saturated heterocycles. The molecule has 0 aromatic carbocycles. The first-order valence-corrected chi connectivity index (χ1v) is 9.07. The first-order chi connectivity index (χ1) is 11.7. The highest BCUT2D eigenvalue weighted by Crippen LogP contribution is 2.19. The summed E-state index contributed by atoms with van der Waals surface area (Å²) in [6.07, 6.45) is 4.10. The standard InChI is InChI=1S/C18H20N4OS/c1-14-5-11-24-17(14)18(23)21-9-7-20(8-10-21)12-15-13-22-6-3-2-4-16(22)19-15/h2-6,11,13H,7-10,12H2,1H3. The lowest BCUT2D eigenvalue weighted by atomic mass is 10.2. The van der Waals surface area contributed by atoms with E-state index in [1.54, 1.807) is 0 Å². The van der Waals surface area contributed by atoms with Crippen LogP contribution in [0.15, 0.2) is 42.0 Å². The van der Waals surface area contributed by atoms with Gasteiger partial charge in [-0.05, 0) is 36.1 Å². The molecule has 0 N–H and O–H groups in total. The van der Waals surface area contributed by atoms with Gasteiger partial charge in [-0.1, -0.05) is 6.07 Å². The Hall–Kier alpha value is -2.18. The van der Waals surface area contributed by atoms with E-state index in [1.165, 1.54) is 11.3 Å². The Bertz CT molecular complexity index is 828. The summed E-state index contributed by atoms with van der Waals surface area (Å²) in [6, 6.07) is 8.04. The van der Waals surface area contributed by atoms with Crippen LogP contribution in [-0.4, -0.2) is 51.3 Å². The zero-order valence-corrected chi connectivity index (χ0v) is 14.5. The van der Waals surface area contributed by atoms with Gasteiger partial charge < -0.3 is 9.30 Å². The summed E-state index contributed by atoms with van der Waals surface area (Å²) in [5, 5.41) is 1.99. The summed E-state index contributed by atoms with van der Waals surface area (Å²) < 4.78 is 2.05. The Balaban J connectivity index is 1.37. The highest BCUT2D eigenvalue weighted by atomic mass is 32.1. The SMILES string of the molecule is Cc1ccsc1C(=O)N1CCN(Cc2cn3ccccc3n2)CC1. The van der Waals surface area contributed by atoms with Crippen LogP contribution in [0.25, 0.3) is 5.65 Å². The number of hydrogen-bond donors (Lipinski definition) is 0. The first kappa shape index (κ1) is 15.4. The van der Waals surface area contributed by atoms with Crippen molar-refractivity contribution in [2.75, 3.05) is 26.2 Å². The number of pyridine rings is 1. The van der Waals surface area contributed by atoms with Crippen LogP contribution in [0, 0.1) is 6.92 Å². The molecule has 0 bridgehead atoms. The zero-order valence-electron chi connectivity index (χ0n) is 13.7. The fraction of sp³-hybridized carbons (Fsp3) is 0.333. The van der Waals surface area contributed by atoms with Crippen LogP contribution in [0.4, 0.5) is 0 Å². The molecule has 3 aromatic heterocycles. The minimum Gasteiger partial charge on any atom is -0.335 e. The molecule has 0 saturated carbocycles. The molecule has 24 heavy (non-hydrogen) atoms. The Morgan fingerprint density at radius 3 is 2.75 bits per heavy atom. The Morgan fingerprint density at radius 1 is 1.21 bits per heavy atom. The molecule has 1 aliphatic rings. The van der Waals surface area contributed by atoms with Gasteiger partial charge in [-0.3, -0.25) is 9.69 Å². The summed E-state index contributed by atoms with van der Waals surface area (Å²) >= 11 is 1.54. The molecule has 1 aliphatic heterocycles. The van der Waals surface area contributed by atoms with Crippen molar-refractivity contribution in [3.8, 4) is 0 Å². The smallest absolute Gasteiger partial charge is 0.264 e. The van der Waals surface area contributed by atoms with E-state index < -0.39 is 0 Å². The van der Waals surface area contributed by atoms with Gasteiger partial charge >= 0.3 is 0 Å². The van der Waals surface area contributed by atoms with Crippen molar-refractivity contribution in [2.45, 2.75) is 13.5 Å². The molecule has 5 nitrogen and oxygen atoms in total. The van der Waals surface area contributed by atoms with Crippen LogP contribution in [0.5, 0.6) is 0 Å². The van der Waals surface area contributed by atoms with Gasteiger partial charge in [0.2, 0.25) is 0 Å². The van der Waals surface area contributed by atoms with E-state index in [0.29, 0.717) is 0 Å². The molecule has 4 heterocycles. The lowest BCUT2D eigenvalue weighted by Crippen LogP contribution is -2.48. The largest absolute Gasteiger partial charge is 0.335 e. The van der Waals surface area contributed by atoms with E-state index in [4.69, 9.17) is 0 Å².